The van der Waals surface area contributed by atoms with E-state index in [4.69, 9.17) is 4.74 Å². The second-order valence-corrected chi connectivity index (χ2v) is 6.58. The normalized spacial score (nSPS) is 12.9. The molecule has 0 saturated heterocycles. The van der Waals surface area contributed by atoms with Gasteiger partial charge in [-0.25, -0.2) is 0 Å². The van der Waals surface area contributed by atoms with Gasteiger partial charge in [-0.05, 0) is 36.3 Å². The predicted molar refractivity (Wildman–Crippen MR) is 85.4 cm³/mol. The molecule has 0 heterocycles. The van der Waals surface area contributed by atoms with E-state index in [9.17, 15) is 0 Å². The minimum absolute atomic E-state index is 0.621. The molecule has 1 aromatic carbocycles. The van der Waals surface area contributed by atoms with E-state index >= 15 is 0 Å². The van der Waals surface area contributed by atoms with E-state index in [-0.39, 0.29) is 0 Å². The zero-order valence-electron chi connectivity index (χ0n) is 11.2. The average molecular weight is 378 g/mol. The summed E-state index contributed by atoms with van der Waals surface area (Å²) in [5.74, 6) is 1.26. The van der Waals surface area contributed by atoms with E-state index in [1.165, 1.54) is 10.0 Å². The first kappa shape index (κ1) is 16.2. The maximum atomic E-state index is 5.66. The number of hydrogen-bond acceptors (Lipinski definition) is 1. The van der Waals surface area contributed by atoms with Crippen LogP contribution in [0, 0.1) is 11.8 Å². The highest BCUT2D eigenvalue weighted by Gasteiger charge is 2.10. The van der Waals surface area contributed by atoms with Crippen molar-refractivity contribution < 1.29 is 4.74 Å². The first-order chi connectivity index (χ1) is 8.63. The Balaban J connectivity index is 2.36. The molecule has 0 bridgehead atoms. The van der Waals surface area contributed by atoms with Gasteiger partial charge in [0.25, 0.3) is 0 Å². The molecule has 3 heteroatoms. The van der Waals surface area contributed by atoms with E-state index in [1.807, 2.05) is 0 Å². The molecule has 1 rings (SSSR count). The van der Waals surface area contributed by atoms with Crippen LogP contribution < -0.4 is 0 Å². The smallest absolute Gasteiger partial charge is 0.0488 e. The molecule has 18 heavy (non-hydrogen) atoms. The lowest BCUT2D eigenvalue weighted by Crippen LogP contribution is -2.12. The van der Waals surface area contributed by atoms with Gasteiger partial charge in [-0.15, -0.1) is 0 Å². The first-order valence-electron chi connectivity index (χ1n) is 6.50. The van der Waals surface area contributed by atoms with Gasteiger partial charge in [-0.1, -0.05) is 63.9 Å². The molecule has 0 spiro atoms. The lowest BCUT2D eigenvalue weighted by Gasteiger charge is -2.15. The molecule has 0 aliphatic carbocycles. The van der Waals surface area contributed by atoms with Crippen LogP contribution >= 0.6 is 31.9 Å². The molecule has 0 amide bonds. The third kappa shape index (κ3) is 6.35. The number of ether oxygens (including phenoxy) is 1. The molecule has 1 unspecified atom stereocenters. The van der Waals surface area contributed by atoms with Gasteiger partial charge in [0.05, 0.1) is 0 Å². The van der Waals surface area contributed by atoms with Crippen molar-refractivity contribution in [3.63, 3.8) is 0 Å². The minimum atomic E-state index is 0.621. The number of benzene rings is 1. The average Bonchev–Trinajstić information content (AvgIpc) is 2.35. The van der Waals surface area contributed by atoms with Crippen molar-refractivity contribution in [2.75, 3.05) is 18.5 Å². The van der Waals surface area contributed by atoms with Crippen LogP contribution in [0.5, 0.6) is 0 Å². The Bertz CT molecular complexity index is 339. The highest BCUT2D eigenvalue weighted by Crippen LogP contribution is 2.22. The maximum Gasteiger partial charge on any atom is 0.0488 e. The van der Waals surface area contributed by atoms with Crippen LogP contribution in [0.3, 0.4) is 0 Å². The third-order valence-electron chi connectivity index (χ3n) is 2.81. The summed E-state index contributed by atoms with van der Waals surface area (Å²) in [4.78, 5) is 0. The minimum Gasteiger partial charge on any atom is -0.381 e. The maximum absolute atomic E-state index is 5.66. The Morgan fingerprint density at radius 2 is 1.94 bits per heavy atom. The van der Waals surface area contributed by atoms with Gasteiger partial charge in [0.1, 0.15) is 0 Å². The van der Waals surface area contributed by atoms with Crippen molar-refractivity contribution in [1.82, 2.24) is 0 Å². The van der Waals surface area contributed by atoms with Crippen LogP contribution in [-0.2, 0) is 11.2 Å². The Labute approximate surface area is 128 Å². The summed E-state index contributed by atoms with van der Waals surface area (Å²) < 4.78 is 6.87. The molecule has 0 aliphatic rings. The number of alkyl halides is 1. The Morgan fingerprint density at radius 3 is 2.56 bits per heavy atom. The van der Waals surface area contributed by atoms with Crippen LogP contribution in [0.15, 0.2) is 28.7 Å². The predicted octanol–water partition coefficient (Wildman–Crippen LogP) is 5.07. The quantitative estimate of drug-likeness (QED) is 0.454. The molecule has 0 N–H and O–H groups in total. The zero-order valence-corrected chi connectivity index (χ0v) is 14.3. The summed E-state index contributed by atoms with van der Waals surface area (Å²) in [5, 5.41) is 1.03. The number of hydrogen-bond donors (Lipinski definition) is 0. The van der Waals surface area contributed by atoms with Gasteiger partial charge in [0.2, 0.25) is 0 Å². The van der Waals surface area contributed by atoms with Crippen LogP contribution in [0.2, 0.25) is 0 Å². The monoisotopic (exact) mass is 376 g/mol. The van der Waals surface area contributed by atoms with Crippen molar-refractivity contribution in [3.05, 3.63) is 34.3 Å². The fourth-order valence-corrected chi connectivity index (χ4v) is 2.78. The molecule has 1 aromatic rings. The summed E-state index contributed by atoms with van der Waals surface area (Å²) in [5.41, 5.74) is 1.38. The highest BCUT2D eigenvalue weighted by atomic mass is 79.9. The molecule has 1 atom stereocenters. The zero-order chi connectivity index (χ0) is 13.4. The second-order valence-electron chi connectivity index (χ2n) is 5.07. The van der Waals surface area contributed by atoms with Gasteiger partial charge in [-0.2, -0.15) is 0 Å². The second kappa shape index (κ2) is 9.11. The van der Waals surface area contributed by atoms with Gasteiger partial charge in [-0.3, -0.25) is 0 Å². The molecule has 102 valence electrons. The van der Waals surface area contributed by atoms with Crippen LogP contribution in [0.1, 0.15) is 25.8 Å². The Kier molecular flexibility index (Phi) is 8.20. The molecule has 0 aliphatic heterocycles. The number of halogens is 2. The summed E-state index contributed by atoms with van der Waals surface area (Å²) in [6.45, 7) is 6.09. The molecular weight excluding hydrogens is 356 g/mol. The van der Waals surface area contributed by atoms with Gasteiger partial charge < -0.3 is 4.74 Å². The van der Waals surface area contributed by atoms with E-state index < -0.39 is 0 Å². The Hall–Kier alpha value is 0.140. The van der Waals surface area contributed by atoms with E-state index in [1.54, 1.807) is 0 Å². The van der Waals surface area contributed by atoms with Crippen LogP contribution in [0.4, 0.5) is 0 Å². The summed E-state index contributed by atoms with van der Waals surface area (Å²) >= 11 is 7.22. The summed E-state index contributed by atoms with van der Waals surface area (Å²) in [6, 6.07) is 8.45. The fraction of sp³-hybridized carbons (Fsp3) is 0.600. The Morgan fingerprint density at radius 1 is 1.22 bits per heavy atom. The third-order valence-corrected chi connectivity index (χ3v) is 4.50. The van der Waals surface area contributed by atoms with Crippen LogP contribution in [-0.4, -0.2) is 18.5 Å². The standard InChI is InChI=1S/C15H22Br2O/c1-12(2)11-18-8-7-13(10-16)9-14-5-3-4-6-15(14)17/h3-6,12-13H,7-11H2,1-2H3. The van der Waals surface area contributed by atoms with Crippen molar-refractivity contribution in [2.24, 2.45) is 11.8 Å². The van der Waals surface area contributed by atoms with Gasteiger partial charge >= 0.3 is 0 Å². The molecule has 0 fully saturated rings. The van der Waals surface area contributed by atoms with Crippen molar-refractivity contribution in [2.45, 2.75) is 26.7 Å². The molecular formula is C15H22Br2O. The van der Waals surface area contributed by atoms with E-state index in [2.05, 4.69) is 70.0 Å². The SMILES string of the molecule is CC(C)COCCC(CBr)Cc1ccccc1Br. The lowest BCUT2D eigenvalue weighted by molar-refractivity contribution is 0.0998. The summed E-state index contributed by atoms with van der Waals surface area (Å²) in [7, 11) is 0. The first-order valence-corrected chi connectivity index (χ1v) is 8.42. The number of rotatable bonds is 8. The molecule has 0 saturated carbocycles. The van der Waals surface area contributed by atoms with Gasteiger partial charge in [0, 0.05) is 23.0 Å². The van der Waals surface area contributed by atoms with Crippen molar-refractivity contribution in [1.29, 1.82) is 0 Å². The van der Waals surface area contributed by atoms with Crippen LogP contribution in [0.25, 0.3) is 0 Å². The molecule has 0 aromatic heterocycles. The largest absolute Gasteiger partial charge is 0.381 e. The van der Waals surface area contributed by atoms with Crippen molar-refractivity contribution in [3.8, 4) is 0 Å². The molecule has 1 nitrogen and oxygen atoms in total. The van der Waals surface area contributed by atoms with Gasteiger partial charge in [0.15, 0.2) is 0 Å². The molecule has 0 radical (unpaired) electrons. The lowest BCUT2D eigenvalue weighted by atomic mass is 9.98. The summed E-state index contributed by atoms with van der Waals surface area (Å²) in [6.07, 6.45) is 2.21. The fourth-order valence-electron chi connectivity index (χ4n) is 1.78. The topological polar surface area (TPSA) is 9.23 Å². The highest BCUT2D eigenvalue weighted by molar-refractivity contribution is 9.10. The van der Waals surface area contributed by atoms with E-state index in [0.717, 1.165) is 31.4 Å². The van der Waals surface area contributed by atoms with Crippen molar-refractivity contribution >= 4 is 31.9 Å². The van der Waals surface area contributed by atoms with E-state index in [0.29, 0.717) is 11.8 Å².